The monoisotopic (exact) mass is 187 g/mol. The number of likely N-dealkylation sites (tertiary alicyclic amines) is 1. The first-order valence-corrected chi connectivity index (χ1v) is 5.17. The van der Waals surface area contributed by atoms with Crippen LogP contribution in [0.2, 0.25) is 0 Å². The molecule has 0 radical (unpaired) electrons. The van der Waals surface area contributed by atoms with E-state index in [4.69, 9.17) is 11.6 Å². The van der Waals surface area contributed by atoms with Crippen molar-refractivity contribution in [2.45, 2.75) is 20.3 Å². The molecule has 0 spiro atoms. The Hall–Kier alpha value is -0.170. The zero-order valence-electron chi connectivity index (χ0n) is 8.02. The van der Waals surface area contributed by atoms with Crippen LogP contribution in [-0.4, -0.2) is 23.9 Å². The summed E-state index contributed by atoms with van der Waals surface area (Å²) in [5.74, 6) is 2.20. The summed E-state index contributed by atoms with van der Waals surface area (Å²) in [5, 5.41) is 0. The van der Waals surface area contributed by atoms with E-state index in [0.29, 0.717) is 5.88 Å². The van der Waals surface area contributed by atoms with Crippen LogP contribution in [0.5, 0.6) is 0 Å². The molecule has 1 fully saturated rings. The Kier molecular flexibility index (Phi) is 3.45. The van der Waals surface area contributed by atoms with E-state index >= 15 is 0 Å². The highest BCUT2D eigenvalue weighted by Crippen LogP contribution is 2.25. The van der Waals surface area contributed by atoms with Gasteiger partial charge in [0.2, 0.25) is 0 Å². The molecule has 1 rings (SSSR count). The summed E-state index contributed by atoms with van der Waals surface area (Å²) in [6.07, 6.45) is 1.30. The average Bonchev–Trinajstić information content (AvgIpc) is 2.51. The fraction of sp³-hybridized carbons (Fsp3) is 0.800. The number of hydrogen-bond acceptors (Lipinski definition) is 1. The molecule has 0 aromatic carbocycles. The molecule has 0 bridgehead atoms. The lowest BCUT2D eigenvalue weighted by atomic mass is 9.95. The van der Waals surface area contributed by atoms with Crippen LogP contribution in [0, 0.1) is 11.8 Å². The zero-order chi connectivity index (χ0) is 9.14. The Balaban J connectivity index is 2.40. The molecule has 1 atom stereocenters. The van der Waals surface area contributed by atoms with E-state index in [1.165, 1.54) is 6.42 Å². The van der Waals surface area contributed by atoms with Crippen molar-refractivity contribution in [1.29, 1.82) is 0 Å². The molecule has 1 saturated heterocycles. The van der Waals surface area contributed by atoms with Crippen LogP contribution in [0.25, 0.3) is 0 Å². The van der Waals surface area contributed by atoms with Gasteiger partial charge in [0.05, 0.1) is 5.88 Å². The second kappa shape index (κ2) is 4.18. The third-order valence-electron chi connectivity index (χ3n) is 2.77. The molecule has 1 aliphatic rings. The molecule has 0 saturated carbocycles. The highest BCUT2D eigenvalue weighted by atomic mass is 35.5. The molecule has 0 amide bonds. The van der Waals surface area contributed by atoms with Gasteiger partial charge >= 0.3 is 0 Å². The van der Waals surface area contributed by atoms with Gasteiger partial charge in [0, 0.05) is 18.8 Å². The lowest BCUT2D eigenvalue weighted by Crippen LogP contribution is -2.21. The van der Waals surface area contributed by atoms with Gasteiger partial charge in [-0.2, -0.15) is 0 Å². The molecule has 2 heteroatoms. The van der Waals surface area contributed by atoms with Gasteiger partial charge < -0.3 is 4.90 Å². The summed E-state index contributed by atoms with van der Waals surface area (Å²) < 4.78 is 0. The van der Waals surface area contributed by atoms with Gasteiger partial charge in [-0.25, -0.2) is 0 Å². The summed E-state index contributed by atoms with van der Waals surface area (Å²) in [5.41, 5.74) is 1.08. The van der Waals surface area contributed by atoms with Crippen molar-refractivity contribution in [3.8, 4) is 0 Å². The lowest BCUT2D eigenvalue weighted by molar-refractivity contribution is 0.359. The number of hydrogen-bond donors (Lipinski definition) is 0. The molecule has 0 aromatic rings. The molecule has 1 aliphatic heterocycles. The summed E-state index contributed by atoms with van der Waals surface area (Å²) in [6, 6.07) is 0. The van der Waals surface area contributed by atoms with Crippen molar-refractivity contribution in [3.05, 3.63) is 12.3 Å². The molecule has 1 heterocycles. The maximum Gasteiger partial charge on any atom is 0.0617 e. The fourth-order valence-corrected chi connectivity index (χ4v) is 1.87. The quantitative estimate of drug-likeness (QED) is 0.615. The summed E-state index contributed by atoms with van der Waals surface area (Å²) in [6.45, 7) is 10.8. The fourth-order valence-electron chi connectivity index (χ4n) is 1.70. The van der Waals surface area contributed by atoms with E-state index in [-0.39, 0.29) is 0 Å². The van der Waals surface area contributed by atoms with Crippen molar-refractivity contribution >= 4 is 11.6 Å². The van der Waals surface area contributed by atoms with Gasteiger partial charge in [0.15, 0.2) is 0 Å². The Morgan fingerprint density at radius 3 is 2.75 bits per heavy atom. The molecule has 0 aliphatic carbocycles. The summed E-state index contributed by atoms with van der Waals surface area (Å²) in [4.78, 5) is 2.32. The summed E-state index contributed by atoms with van der Waals surface area (Å²) in [7, 11) is 0. The van der Waals surface area contributed by atoms with Crippen LogP contribution in [0.15, 0.2) is 12.3 Å². The lowest BCUT2D eigenvalue weighted by Gasteiger charge is -2.20. The van der Waals surface area contributed by atoms with E-state index in [9.17, 15) is 0 Å². The molecule has 70 valence electrons. The Labute approximate surface area is 80.4 Å². The third-order valence-corrected chi connectivity index (χ3v) is 3.08. The van der Waals surface area contributed by atoms with Gasteiger partial charge in [-0.05, 0) is 18.3 Å². The first-order chi connectivity index (χ1) is 5.65. The van der Waals surface area contributed by atoms with Crippen LogP contribution in [-0.2, 0) is 0 Å². The minimum Gasteiger partial charge on any atom is -0.374 e. The van der Waals surface area contributed by atoms with E-state index in [1.54, 1.807) is 0 Å². The number of rotatable bonds is 3. The molecule has 1 nitrogen and oxygen atoms in total. The molecular formula is C10H18ClN. The Bertz CT molecular complexity index is 165. The van der Waals surface area contributed by atoms with Crippen molar-refractivity contribution in [3.63, 3.8) is 0 Å². The smallest absolute Gasteiger partial charge is 0.0617 e. The van der Waals surface area contributed by atoms with Gasteiger partial charge in [-0.3, -0.25) is 0 Å². The number of halogens is 1. The molecule has 0 aromatic heterocycles. The van der Waals surface area contributed by atoms with Crippen molar-refractivity contribution in [2.24, 2.45) is 11.8 Å². The third kappa shape index (κ3) is 2.16. The summed E-state index contributed by atoms with van der Waals surface area (Å²) >= 11 is 5.72. The number of alkyl halides is 1. The van der Waals surface area contributed by atoms with Gasteiger partial charge in [-0.1, -0.05) is 20.4 Å². The molecular weight excluding hydrogens is 170 g/mol. The van der Waals surface area contributed by atoms with E-state index in [2.05, 4.69) is 25.3 Å². The second-order valence-corrected chi connectivity index (χ2v) is 4.21. The SMILES string of the molecule is C=C(CCl)N1CCC(C(C)C)C1. The standard InChI is InChI=1S/C10H18ClN/c1-8(2)10-4-5-12(7-10)9(3)6-11/h8,10H,3-7H2,1-2H3. The number of nitrogens with zero attached hydrogens (tertiary/aromatic N) is 1. The first kappa shape index (κ1) is 9.91. The number of allylic oxidation sites excluding steroid dienone is 1. The largest absolute Gasteiger partial charge is 0.374 e. The topological polar surface area (TPSA) is 3.24 Å². The predicted octanol–water partition coefficient (Wildman–Crippen LogP) is 2.72. The van der Waals surface area contributed by atoms with E-state index in [0.717, 1.165) is 30.6 Å². The molecule has 0 N–H and O–H groups in total. The van der Waals surface area contributed by atoms with Crippen LogP contribution in [0.4, 0.5) is 0 Å². The zero-order valence-corrected chi connectivity index (χ0v) is 8.77. The Morgan fingerprint density at radius 2 is 2.33 bits per heavy atom. The van der Waals surface area contributed by atoms with Gasteiger partial charge in [0.25, 0.3) is 0 Å². The van der Waals surface area contributed by atoms with E-state index < -0.39 is 0 Å². The van der Waals surface area contributed by atoms with Crippen molar-refractivity contribution in [1.82, 2.24) is 4.90 Å². The minimum absolute atomic E-state index is 0.574. The first-order valence-electron chi connectivity index (χ1n) is 4.63. The highest BCUT2D eigenvalue weighted by Gasteiger charge is 2.24. The van der Waals surface area contributed by atoms with E-state index in [1.807, 2.05) is 0 Å². The molecule has 12 heavy (non-hydrogen) atoms. The average molecular weight is 188 g/mol. The minimum atomic E-state index is 0.574. The van der Waals surface area contributed by atoms with Crippen LogP contribution in [0.3, 0.4) is 0 Å². The predicted molar refractivity (Wildman–Crippen MR) is 54.4 cm³/mol. The normalized spacial score (nSPS) is 23.7. The molecule has 1 unspecified atom stereocenters. The van der Waals surface area contributed by atoms with Crippen LogP contribution >= 0.6 is 11.6 Å². The maximum atomic E-state index is 5.72. The van der Waals surface area contributed by atoms with Gasteiger partial charge in [-0.15, -0.1) is 11.6 Å². The van der Waals surface area contributed by atoms with Crippen molar-refractivity contribution in [2.75, 3.05) is 19.0 Å². The van der Waals surface area contributed by atoms with Crippen LogP contribution < -0.4 is 0 Å². The van der Waals surface area contributed by atoms with Gasteiger partial charge in [0.1, 0.15) is 0 Å². The highest BCUT2D eigenvalue weighted by molar-refractivity contribution is 6.19. The maximum absolute atomic E-state index is 5.72. The second-order valence-electron chi connectivity index (χ2n) is 3.94. The van der Waals surface area contributed by atoms with Crippen LogP contribution in [0.1, 0.15) is 20.3 Å². The van der Waals surface area contributed by atoms with Crippen molar-refractivity contribution < 1.29 is 0 Å². The Morgan fingerprint density at radius 1 is 1.67 bits per heavy atom.